The fourth-order valence-electron chi connectivity index (χ4n) is 1.52. The van der Waals surface area contributed by atoms with Crippen LogP contribution >= 0.6 is 0 Å². The Morgan fingerprint density at radius 1 is 1.29 bits per heavy atom. The number of carbonyl (C=O) groups is 1. The molecule has 0 saturated carbocycles. The molecule has 0 amide bonds. The highest BCUT2D eigenvalue weighted by Crippen LogP contribution is 1.97. The molecule has 0 bridgehead atoms. The molecule has 8 nitrogen and oxygen atoms in total. The number of carboxylic acid groups (broad SMARTS) is 1. The van der Waals surface area contributed by atoms with Crippen molar-refractivity contribution in [1.29, 1.82) is 0 Å². The summed E-state index contributed by atoms with van der Waals surface area (Å²) in [5.74, 6) is -0.914. The molecule has 0 unspecified atom stereocenters. The highest BCUT2D eigenvalue weighted by molar-refractivity contribution is 5.80. The van der Waals surface area contributed by atoms with Crippen LogP contribution in [0.1, 0.15) is 6.92 Å². The number of nitrogens with zero attached hydrogens (tertiary/aromatic N) is 3. The van der Waals surface area contributed by atoms with Gasteiger partial charge in [-0.15, -0.1) is 0 Å². The number of aryl methyl sites for hydroxylation is 1. The van der Waals surface area contributed by atoms with Gasteiger partial charge in [0.2, 0.25) is 0 Å². The van der Waals surface area contributed by atoms with Crippen LogP contribution < -0.4 is 11.2 Å². The first-order chi connectivity index (χ1) is 9.90. The molecule has 0 aliphatic heterocycles. The summed E-state index contributed by atoms with van der Waals surface area (Å²) < 4.78 is 2.37. The minimum atomic E-state index is -0.914. The van der Waals surface area contributed by atoms with Crippen molar-refractivity contribution in [3.05, 3.63) is 51.5 Å². The van der Waals surface area contributed by atoms with Crippen molar-refractivity contribution < 1.29 is 9.90 Å². The van der Waals surface area contributed by atoms with Crippen molar-refractivity contribution in [3.8, 4) is 0 Å². The molecule has 2 heterocycles. The third-order valence-electron chi connectivity index (χ3n) is 2.57. The number of H-pyrrole nitrogens is 1. The van der Waals surface area contributed by atoms with Gasteiger partial charge in [0.25, 0.3) is 5.56 Å². The number of nitrogens with one attached hydrogen (secondary N) is 1. The van der Waals surface area contributed by atoms with Gasteiger partial charge in [-0.25, -0.2) is 14.6 Å². The van der Waals surface area contributed by atoms with Crippen LogP contribution in [-0.4, -0.2) is 30.2 Å². The number of carboxylic acids is 1. The number of allylic oxidation sites excluding steroid dienone is 3. The number of imidazole rings is 1. The van der Waals surface area contributed by atoms with Gasteiger partial charge in [0.1, 0.15) is 5.52 Å². The molecule has 0 radical (unpaired) electrons. The molecule has 21 heavy (non-hydrogen) atoms. The summed E-state index contributed by atoms with van der Waals surface area (Å²) in [5, 5.41) is 8.02. The normalized spacial score (nSPS) is 11.0. The largest absolute Gasteiger partial charge is 0.478 e. The predicted octanol–water partition coefficient (Wildman–Crippen LogP) is 0.164. The molecule has 0 aliphatic carbocycles. The average molecular weight is 292 g/mol. The monoisotopic (exact) mass is 292 g/mol. The summed E-state index contributed by atoms with van der Waals surface area (Å²) in [6.45, 7) is 1.83. The van der Waals surface area contributed by atoms with E-state index >= 15 is 0 Å². The molecule has 0 spiro atoms. The maximum absolute atomic E-state index is 11.4. The predicted molar refractivity (Wildman–Crippen MR) is 78.2 cm³/mol. The number of fused-ring (bicyclic) bond motifs is 1. The summed E-state index contributed by atoms with van der Waals surface area (Å²) in [6.07, 6.45) is 7.38. The van der Waals surface area contributed by atoms with Crippen molar-refractivity contribution in [1.82, 2.24) is 19.1 Å². The van der Waals surface area contributed by atoms with E-state index in [0.717, 1.165) is 10.6 Å². The number of aromatic nitrogens is 4. The van der Waals surface area contributed by atoms with E-state index < -0.39 is 5.97 Å². The van der Waals surface area contributed by atoms with E-state index in [1.165, 1.54) is 24.0 Å². The van der Waals surface area contributed by atoms with Crippen LogP contribution in [0.2, 0.25) is 0 Å². The third kappa shape index (κ3) is 3.78. The Labute approximate surface area is 119 Å². The first-order valence-electron chi connectivity index (χ1n) is 6.01. The first-order valence-corrected chi connectivity index (χ1v) is 6.01. The molecule has 2 rings (SSSR count). The van der Waals surface area contributed by atoms with Crippen molar-refractivity contribution in [2.24, 2.45) is 14.1 Å². The summed E-state index contributed by atoms with van der Waals surface area (Å²) in [6, 6.07) is 0. The van der Waals surface area contributed by atoms with Crippen molar-refractivity contribution in [3.63, 3.8) is 0 Å². The SMILES string of the molecule is C/C=C/C=C/C(=O)O.Cn1c(=O)c2[nH]cnc2n(C)c1=O. The van der Waals surface area contributed by atoms with E-state index in [4.69, 9.17) is 5.11 Å². The lowest BCUT2D eigenvalue weighted by molar-refractivity contribution is -0.131. The van der Waals surface area contributed by atoms with E-state index in [1.54, 1.807) is 19.2 Å². The molecule has 0 fully saturated rings. The molecular weight excluding hydrogens is 276 g/mol. The molecule has 2 N–H and O–H groups in total. The third-order valence-corrected chi connectivity index (χ3v) is 2.57. The highest BCUT2D eigenvalue weighted by atomic mass is 16.4. The zero-order valence-electron chi connectivity index (χ0n) is 11.9. The lowest BCUT2D eigenvalue weighted by Crippen LogP contribution is -2.36. The van der Waals surface area contributed by atoms with Gasteiger partial charge < -0.3 is 10.1 Å². The molecule has 0 aliphatic rings. The number of hydrogen-bond acceptors (Lipinski definition) is 4. The Balaban J connectivity index is 0.000000240. The Morgan fingerprint density at radius 2 is 1.95 bits per heavy atom. The number of aromatic amines is 1. The molecule has 0 atom stereocenters. The summed E-state index contributed by atoms with van der Waals surface area (Å²) in [5.41, 5.74) is 0.0119. The van der Waals surface area contributed by atoms with Gasteiger partial charge in [-0.1, -0.05) is 18.2 Å². The average Bonchev–Trinajstić information content (AvgIpc) is 2.93. The van der Waals surface area contributed by atoms with Crippen LogP contribution in [0.15, 0.2) is 40.2 Å². The topological polar surface area (TPSA) is 110 Å². The van der Waals surface area contributed by atoms with E-state index in [9.17, 15) is 14.4 Å². The van der Waals surface area contributed by atoms with Gasteiger partial charge in [-0.05, 0) is 6.92 Å². The van der Waals surface area contributed by atoms with E-state index in [1.807, 2.05) is 6.92 Å². The standard InChI is InChI=1S/C7H8N4O2.C6H8O2/c1-10-5-4(8-3-9-5)6(12)11(2)7(10)13;1-2-3-4-5-6(7)8/h3H,1-2H3,(H,8,9);2-5H,1H3,(H,7,8)/b;3-2+,5-4+. The van der Waals surface area contributed by atoms with Crippen LogP contribution in [0.4, 0.5) is 0 Å². The van der Waals surface area contributed by atoms with Crippen LogP contribution in [0.3, 0.4) is 0 Å². The Kier molecular flexibility index (Phi) is 5.41. The van der Waals surface area contributed by atoms with Crippen LogP contribution in [0, 0.1) is 0 Å². The second-order valence-corrected chi connectivity index (χ2v) is 4.03. The van der Waals surface area contributed by atoms with Crippen molar-refractivity contribution in [2.75, 3.05) is 0 Å². The molecule has 2 aromatic heterocycles. The number of hydrogen-bond donors (Lipinski definition) is 2. The molecular formula is C13H16N4O4. The Morgan fingerprint density at radius 3 is 2.52 bits per heavy atom. The van der Waals surface area contributed by atoms with Crippen molar-refractivity contribution in [2.45, 2.75) is 6.92 Å². The smallest absolute Gasteiger partial charge is 0.332 e. The van der Waals surface area contributed by atoms with Crippen LogP contribution in [0.25, 0.3) is 11.2 Å². The summed E-state index contributed by atoms with van der Waals surface area (Å²) in [7, 11) is 3.01. The first kappa shape index (κ1) is 16.2. The van der Waals surface area contributed by atoms with Gasteiger partial charge in [-0.3, -0.25) is 13.9 Å². The zero-order valence-corrected chi connectivity index (χ0v) is 11.9. The maximum atomic E-state index is 11.4. The van der Waals surface area contributed by atoms with Gasteiger partial charge in [0, 0.05) is 20.2 Å². The fourth-order valence-corrected chi connectivity index (χ4v) is 1.52. The minimum Gasteiger partial charge on any atom is -0.478 e. The van der Waals surface area contributed by atoms with E-state index in [0.29, 0.717) is 11.2 Å². The van der Waals surface area contributed by atoms with Crippen LogP contribution in [-0.2, 0) is 18.9 Å². The van der Waals surface area contributed by atoms with Gasteiger partial charge in [0.15, 0.2) is 5.65 Å². The van der Waals surface area contributed by atoms with Gasteiger partial charge in [0.05, 0.1) is 6.33 Å². The minimum absolute atomic E-state index is 0.351. The van der Waals surface area contributed by atoms with Gasteiger partial charge in [-0.2, -0.15) is 0 Å². The quantitative estimate of drug-likeness (QED) is 0.605. The molecule has 2 aromatic rings. The Hall–Kier alpha value is -2.90. The maximum Gasteiger partial charge on any atom is 0.332 e. The van der Waals surface area contributed by atoms with Crippen molar-refractivity contribution >= 4 is 17.1 Å². The van der Waals surface area contributed by atoms with Crippen LogP contribution in [0.5, 0.6) is 0 Å². The van der Waals surface area contributed by atoms with E-state index in [2.05, 4.69) is 9.97 Å². The van der Waals surface area contributed by atoms with Gasteiger partial charge >= 0.3 is 11.7 Å². The lowest BCUT2D eigenvalue weighted by Gasteiger charge is -2.00. The summed E-state index contributed by atoms with van der Waals surface area (Å²) >= 11 is 0. The molecule has 8 heteroatoms. The number of rotatable bonds is 2. The van der Waals surface area contributed by atoms with E-state index in [-0.39, 0.29) is 11.2 Å². The second-order valence-electron chi connectivity index (χ2n) is 4.03. The lowest BCUT2D eigenvalue weighted by atomic mass is 10.4. The zero-order chi connectivity index (χ0) is 16.0. The molecule has 0 saturated heterocycles. The fraction of sp³-hybridized carbons (Fsp3) is 0.231. The highest BCUT2D eigenvalue weighted by Gasteiger charge is 2.08. The summed E-state index contributed by atoms with van der Waals surface area (Å²) in [4.78, 5) is 39.1. The number of aliphatic carboxylic acids is 1. The molecule has 112 valence electrons. The Bertz CT molecular complexity index is 808. The second kappa shape index (κ2) is 7.04. The molecule has 0 aromatic carbocycles.